The Kier molecular flexibility index (Phi) is 9.03. The van der Waals surface area contributed by atoms with Gasteiger partial charge in [0.25, 0.3) is 0 Å². The molecule has 0 aliphatic heterocycles. The first kappa shape index (κ1) is 24.1. The van der Waals surface area contributed by atoms with E-state index in [0.717, 1.165) is 32.6 Å². The molecule has 0 radical (unpaired) electrons. The molecule has 1 aliphatic rings. The van der Waals surface area contributed by atoms with Crippen LogP contribution in [0.1, 0.15) is 79.8 Å². The number of ketones is 1. The number of unbranched alkanes of at least 4 members (excludes halogenated alkanes) is 5. The van der Waals surface area contributed by atoms with Crippen LogP contribution in [-0.4, -0.2) is 37.5 Å². The Bertz CT molecular complexity index is 742. The first-order valence-electron chi connectivity index (χ1n) is 11.0. The van der Waals surface area contributed by atoms with Crippen LogP contribution in [0, 0.1) is 5.92 Å². The average Bonchev–Trinajstić information content (AvgIpc) is 2.93. The lowest BCUT2D eigenvalue weighted by Gasteiger charge is -2.30. The SMILES string of the molecule is CCCCCCCCc1ccc2c(c1)CCCC(C(N)(C(=O)OC)C(=O)OC)C2=O. The van der Waals surface area contributed by atoms with Crippen molar-refractivity contribution in [3.8, 4) is 0 Å². The number of hydrogen-bond acceptors (Lipinski definition) is 6. The molecule has 1 aliphatic carbocycles. The third-order valence-electron chi connectivity index (χ3n) is 6.11. The molecule has 1 unspecified atom stereocenters. The van der Waals surface area contributed by atoms with Crippen molar-refractivity contribution in [3.05, 3.63) is 34.9 Å². The number of carbonyl (C=O) groups excluding carboxylic acids is 3. The molecule has 0 saturated heterocycles. The van der Waals surface area contributed by atoms with E-state index in [4.69, 9.17) is 15.2 Å². The van der Waals surface area contributed by atoms with E-state index in [1.807, 2.05) is 12.1 Å². The normalized spacial score (nSPS) is 16.5. The van der Waals surface area contributed by atoms with Gasteiger partial charge in [0.05, 0.1) is 20.1 Å². The lowest BCUT2D eigenvalue weighted by Crippen LogP contribution is -2.63. The summed E-state index contributed by atoms with van der Waals surface area (Å²) in [7, 11) is 2.30. The molecule has 0 bridgehead atoms. The number of esters is 2. The minimum atomic E-state index is -2.14. The van der Waals surface area contributed by atoms with Crippen LogP contribution in [0.4, 0.5) is 0 Å². The number of ether oxygens (including phenoxy) is 2. The van der Waals surface area contributed by atoms with E-state index in [2.05, 4.69) is 13.0 Å². The van der Waals surface area contributed by atoms with Gasteiger partial charge in [-0.3, -0.25) is 4.79 Å². The summed E-state index contributed by atoms with van der Waals surface area (Å²) in [5.41, 5.74) is 6.75. The Labute approximate surface area is 179 Å². The molecule has 30 heavy (non-hydrogen) atoms. The first-order valence-corrected chi connectivity index (χ1v) is 11.0. The van der Waals surface area contributed by atoms with Crippen molar-refractivity contribution in [2.75, 3.05) is 14.2 Å². The third-order valence-corrected chi connectivity index (χ3v) is 6.11. The van der Waals surface area contributed by atoms with Crippen LogP contribution in [-0.2, 0) is 31.9 Å². The summed E-state index contributed by atoms with van der Waals surface area (Å²) in [6.07, 6.45) is 10.1. The van der Waals surface area contributed by atoms with Crippen LogP contribution < -0.4 is 5.73 Å². The smallest absolute Gasteiger partial charge is 0.338 e. The fourth-order valence-corrected chi connectivity index (χ4v) is 4.31. The highest BCUT2D eigenvalue weighted by Crippen LogP contribution is 2.33. The number of rotatable bonds is 10. The van der Waals surface area contributed by atoms with Gasteiger partial charge in [0.2, 0.25) is 5.54 Å². The Balaban J connectivity index is 2.18. The summed E-state index contributed by atoms with van der Waals surface area (Å²) in [6.45, 7) is 2.21. The largest absolute Gasteiger partial charge is 0.467 e. The molecule has 2 N–H and O–H groups in total. The molecule has 166 valence electrons. The Morgan fingerprint density at radius 2 is 1.70 bits per heavy atom. The molecule has 6 heteroatoms. The molecule has 0 heterocycles. The fraction of sp³-hybridized carbons (Fsp3) is 0.625. The minimum absolute atomic E-state index is 0.299. The highest BCUT2D eigenvalue weighted by Gasteiger charge is 2.54. The van der Waals surface area contributed by atoms with Gasteiger partial charge in [-0.15, -0.1) is 0 Å². The third kappa shape index (κ3) is 5.28. The topological polar surface area (TPSA) is 95.7 Å². The van der Waals surface area contributed by atoms with Crippen molar-refractivity contribution in [2.24, 2.45) is 11.7 Å². The predicted molar refractivity (Wildman–Crippen MR) is 115 cm³/mol. The van der Waals surface area contributed by atoms with Gasteiger partial charge in [-0.1, -0.05) is 57.2 Å². The van der Waals surface area contributed by atoms with Crippen LogP contribution in [0.15, 0.2) is 18.2 Å². The maximum absolute atomic E-state index is 13.3. The number of methoxy groups -OCH3 is 2. The van der Waals surface area contributed by atoms with E-state index >= 15 is 0 Å². The Morgan fingerprint density at radius 1 is 1.07 bits per heavy atom. The van der Waals surface area contributed by atoms with E-state index in [1.54, 1.807) is 0 Å². The van der Waals surface area contributed by atoms with E-state index in [0.29, 0.717) is 24.8 Å². The second-order valence-corrected chi connectivity index (χ2v) is 8.17. The zero-order chi connectivity index (χ0) is 22.1. The lowest BCUT2D eigenvalue weighted by molar-refractivity contribution is -0.163. The highest BCUT2D eigenvalue weighted by molar-refractivity contribution is 6.13. The fourth-order valence-electron chi connectivity index (χ4n) is 4.31. The van der Waals surface area contributed by atoms with Crippen molar-refractivity contribution >= 4 is 17.7 Å². The Hall–Kier alpha value is -2.21. The zero-order valence-electron chi connectivity index (χ0n) is 18.5. The van der Waals surface area contributed by atoms with Gasteiger partial charge in [-0.05, 0) is 43.2 Å². The van der Waals surface area contributed by atoms with Crippen LogP contribution >= 0.6 is 0 Å². The van der Waals surface area contributed by atoms with Crippen molar-refractivity contribution in [1.82, 2.24) is 0 Å². The molecule has 1 aromatic carbocycles. The van der Waals surface area contributed by atoms with Gasteiger partial charge < -0.3 is 15.2 Å². The second-order valence-electron chi connectivity index (χ2n) is 8.17. The van der Waals surface area contributed by atoms with E-state index in [9.17, 15) is 14.4 Å². The van der Waals surface area contributed by atoms with Gasteiger partial charge in [-0.2, -0.15) is 0 Å². The average molecular weight is 418 g/mol. The molecule has 0 saturated carbocycles. The maximum Gasteiger partial charge on any atom is 0.338 e. The summed E-state index contributed by atoms with van der Waals surface area (Å²) in [5.74, 6) is -3.21. The van der Waals surface area contributed by atoms with Gasteiger partial charge in [0, 0.05) is 5.56 Å². The number of Topliss-reactive ketones (excluding diaryl/α,β-unsaturated/α-hetero) is 1. The minimum Gasteiger partial charge on any atom is -0.467 e. The van der Waals surface area contributed by atoms with Crippen LogP contribution in [0.2, 0.25) is 0 Å². The second kappa shape index (κ2) is 11.3. The van der Waals surface area contributed by atoms with Crippen molar-refractivity contribution in [1.29, 1.82) is 0 Å². The van der Waals surface area contributed by atoms with Crippen LogP contribution in [0.25, 0.3) is 0 Å². The number of aryl methyl sites for hydroxylation is 2. The maximum atomic E-state index is 13.3. The predicted octanol–water partition coefficient (Wildman–Crippen LogP) is 3.77. The quantitative estimate of drug-likeness (QED) is 0.269. The van der Waals surface area contributed by atoms with Crippen molar-refractivity contribution in [3.63, 3.8) is 0 Å². The summed E-state index contributed by atoms with van der Waals surface area (Å²) in [5, 5.41) is 0. The van der Waals surface area contributed by atoms with E-state index < -0.39 is 23.4 Å². The van der Waals surface area contributed by atoms with Crippen LogP contribution in [0.5, 0.6) is 0 Å². The summed E-state index contributed by atoms with van der Waals surface area (Å²) < 4.78 is 9.50. The number of benzene rings is 1. The van der Waals surface area contributed by atoms with Gasteiger partial charge in [0.15, 0.2) is 5.78 Å². The molecular formula is C24H35NO5. The van der Waals surface area contributed by atoms with Crippen molar-refractivity contribution < 1.29 is 23.9 Å². The first-order chi connectivity index (χ1) is 14.4. The summed E-state index contributed by atoms with van der Waals surface area (Å²) in [6, 6.07) is 5.88. The Morgan fingerprint density at radius 3 is 2.33 bits per heavy atom. The summed E-state index contributed by atoms with van der Waals surface area (Å²) in [4.78, 5) is 38.0. The number of nitrogens with two attached hydrogens (primary N) is 1. The summed E-state index contributed by atoms with van der Waals surface area (Å²) >= 11 is 0. The molecule has 2 rings (SSSR count). The molecule has 0 fully saturated rings. The highest BCUT2D eigenvalue weighted by atomic mass is 16.5. The molecule has 6 nitrogen and oxygen atoms in total. The molecular weight excluding hydrogens is 382 g/mol. The standard InChI is InChI=1S/C24H35NO5/c1-4-5-6-7-8-9-11-17-14-15-19-18(16-17)12-10-13-20(21(19)26)24(25,22(27)29-2)23(28)30-3/h14-16,20H,4-13,25H2,1-3H3. The van der Waals surface area contributed by atoms with E-state index in [1.165, 1.54) is 37.7 Å². The molecule has 0 aromatic heterocycles. The molecule has 1 atom stereocenters. The number of fused-ring (bicyclic) bond motifs is 1. The van der Waals surface area contributed by atoms with Gasteiger partial charge in [-0.25, -0.2) is 9.59 Å². The number of carbonyl (C=O) groups is 3. The number of hydrogen-bond donors (Lipinski definition) is 1. The molecule has 1 aromatic rings. The lowest BCUT2D eigenvalue weighted by atomic mass is 9.77. The van der Waals surface area contributed by atoms with E-state index in [-0.39, 0.29) is 5.78 Å². The van der Waals surface area contributed by atoms with Crippen LogP contribution in [0.3, 0.4) is 0 Å². The van der Waals surface area contributed by atoms with Crippen molar-refractivity contribution in [2.45, 2.75) is 76.7 Å². The van der Waals surface area contributed by atoms with Gasteiger partial charge in [0.1, 0.15) is 0 Å². The molecule has 0 amide bonds. The zero-order valence-corrected chi connectivity index (χ0v) is 18.5. The van der Waals surface area contributed by atoms with Gasteiger partial charge >= 0.3 is 11.9 Å². The monoisotopic (exact) mass is 417 g/mol. The molecule has 0 spiro atoms.